The van der Waals surface area contributed by atoms with E-state index in [0.717, 1.165) is 29.1 Å². The summed E-state index contributed by atoms with van der Waals surface area (Å²) in [5.74, 6) is 0.436. The number of hydrogen-bond donors (Lipinski definition) is 0. The maximum absolute atomic E-state index is 12.7. The zero-order valence-electron chi connectivity index (χ0n) is 14.0. The molecule has 1 atom stereocenters. The highest BCUT2D eigenvalue weighted by Crippen LogP contribution is 2.35. The second-order valence-corrected chi connectivity index (χ2v) is 6.59. The fourth-order valence-corrected chi connectivity index (χ4v) is 3.61. The molecule has 0 aliphatic heterocycles. The van der Waals surface area contributed by atoms with E-state index in [-0.39, 0.29) is 11.7 Å². The van der Waals surface area contributed by atoms with Crippen LogP contribution in [0.15, 0.2) is 54.6 Å². The third kappa shape index (κ3) is 2.46. The van der Waals surface area contributed by atoms with Crippen molar-refractivity contribution in [3.05, 3.63) is 82.7 Å². The Hall–Kier alpha value is -2.68. The molecule has 0 saturated carbocycles. The molecule has 0 bridgehead atoms. The summed E-state index contributed by atoms with van der Waals surface area (Å²) < 4.78 is 1.95. The van der Waals surface area contributed by atoms with Crippen LogP contribution in [0.5, 0.6) is 0 Å². The molecule has 2 aromatic carbocycles. The first-order valence-electron chi connectivity index (χ1n) is 8.37. The van der Waals surface area contributed by atoms with Crippen molar-refractivity contribution in [2.24, 2.45) is 0 Å². The summed E-state index contributed by atoms with van der Waals surface area (Å²) in [5, 5.41) is 4.65. The number of aromatic nitrogens is 2. The zero-order chi connectivity index (χ0) is 16.7. The lowest BCUT2D eigenvalue weighted by Crippen LogP contribution is -2.20. The molecule has 0 amide bonds. The number of aryl methyl sites for hydroxylation is 2. The molecule has 0 spiro atoms. The Kier molecular flexibility index (Phi) is 3.57. The first kappa shape index (κ1) is 14.9. The normalized spacial score (nSPS) is 16.9. The third-order valence-electron chi connectivity index (χ3n) is 4.86. The molecule has 1 aliphatic carbocycles. The average Bonchev–Trinajstić information content (AvgIpc) is 2.93. The summed E-state index contributed by atoms with van der Waals surface area (Å²) in [6.45, 7) is 4.02. The molecule has 1 heterocycles. The molecule has 0 radical (unpaired) electrons. The highest BCUT2D eigenvalue weighted by Gasteiger charge is 2.31. The van der Waals surface area contributed by atoms with Crippen LogP contribution in [0.1, 0.15) is 45.2 Å². The monoisotopic (exact) mass is 316 g/mol. The predicted octanol–water partition coefficient (Wildman–Crippen LogP) is 4.40. The van der Waals surface area contributed by atoms with Crippen LogP contribution in [0.2, 0.25) is 0 Å². The molecule has 0 saturated heterocycles. The molecule has 3 aromatic rings. The molecule has 24 heavy (non-hydrogen) atoms. The van der Waals surface area contributed by atoms with E-state index in [1.165, 1.54) is 11.1 Å². The number of rotatable bonds is 2. The number of benzene rings is 2. The first-order chi connectivity index (χ1) is 11.6. The molecule has 0 N–H and O–H groups in total. The lowest BCUT2D eigenvalue weighted by atomic mass is 9.81. The Morgan fingerprint density at radius 2 is 1.67 bits per heavy atom. The Morgan fingerprint density at radius 1 is 0.958 bits per heavy atom. The van der Waals surface area contributed by atoms with Gasteiger partial charge in [0.15, 0.2) is 5.78 Å². The number of ketones is 1. The van der Waals surface area contributed by atoms with Crippen molar-refractivity contribution in [1.82, 2.24) is 9.78 Å². The van der Waals surface area contributed by atoms with Gasteiger partial charge in [-0.25, -0.2) is 4.68 Å². The molecule has 3 nitrogen and oxygen atoms in total. The second-order valence-electron chi connectivity index (χ2n) is 6.59. The molecule has 1 unspecified atom stereocenters. The van der Waals surface area contributed by atoms with Gasteiger partial charge in [0.2, 0.25) is 0 Å². The van der Waals surface area contributed by atoms with Crippen LogP contribution >= 0.6 is 0 Å². The van der Waals surface area contributed by atoms with Gasteiger partial charge in [0.05, 0.1) is 22.6 Å². The lowest BCUT2D eigenvalue weighted by Gasteiger charge is -2.23. The minimum absolute atomic E-state index is 0.210. The van der Waals surface area contributed by atoms with Crippen molar-refractivity contribution in [3.63, 3.8) is 0 Å². The van der Waals surface area contributed by atoms with E-state index in [1.807, 2.05) is 41.9 Å². The van der Waals surface area contributed by atoms with E-state index in [4.69, 9.17) is 0 Å². The van der Waals surface area contributed by atoms with Crippen molar-refractivity contribution < 1.29 is 4.79 Å². The van der Waals surface area contributed by atoms with Gasteiger partial charge in [-0.2, -0.15) is 5.10 Å². The number of carbonyl (C=O) groups is 1. The van der Waals surface area contributed by atoms with Crippen molar-refractivity contribution in [3.8, 4) is 5.69 Å². The number of para-hydroxylation sites is 1. The van der Waals surface area contributed by atoms with Gasteiger partial charge < -0.3 is 0 Å². The van der Waals surface area contributed by atoms with E-state index in [0.29, 0.717) is 6.42 Å². The van der Waals surface area contributed by atoms with Gasteiger partial charge in [-0.1, -0.05) is 48.0 Å². The van der Waals surface area contributed by atoms with Crippen molar-refractivity contribution in [1.29, 1.82) is 0 Å². The van der Waals surface area contributed by atoms with Crippen molar-refractivity contribution in [2.45, 2.75) is 32.6 Å². The van der Waals surface area contributed by atoms with Crippen molar-refractivity contribution >= 4 is 5.78 Å². The third-order valence-corrected chi connectivity index (χ3v) is 4.86. The number of nitrogens with zero attached hydrogens (tertiary/aromatic N) is 2. The maximum atomic E-state index is 12.7. The van der Waals surface area contributed by atoms with Gasteiger partial charge in [-0.15, -0.1) is 0 Å². The Morgan fingerprint density at radius 3 is 2.38 bits per heavy atom. The summed E-state index contributed by atoms with van der Waals surface area (Å²) >= 11 is 0. The summed E-state index contributed by atoms with van der Waals surface area (Å²) in [5.41, 5.74) is 6.19. The lowest BCUT2D eigenvalue weighted by molar-refractivity contribution is 0.0963. The summed E-state index contributed by atoms with van der Waals surface area (Å²) in [4.78, 5) is 12.7. The van der Waals surface area contributed by atoms with E-state index >= 15 is 0 Å². The Labute approximate surface area is 141 Å². The Balaban J connectivity index is 1.79. The molecule has 0 fully saturated rings. The Bertz CT molecular complexity index is 892. The topological polar surface area (TPSA) is 34.9 Å². The van der Waals surface area contributed by atoms with Crippen LogP contribution in [0, 0.1) is 13.8 Å². The van der Waals surface area contributed by atoms with Crippen LogP contribution in [0.4, 0.5) is 0 Å². The predicted molar refractivity (Wildman–Crippen MR) is 94.9 cm³/mol. The van der Waals surface area contributed by atoms with Gasteiger partial charge in [0, 0.05) is 6.42 Å². The summed E-state index contributed by atoms with van der Waals surface area (Å²) in [6.07, 6.45) is 1.41. The van der Waals surface area contributed by atoms with E-state index in [2.05, 4.69) is 36.3 Å². The molecule has 120 valence electrons. The summed E-state index contributed by atoms with van der Waals surface area (Å²) in [6, 6.07) is 18.6. The zero-order valence-corrected chi connectivity index (χ0v) is 14.0. The van der Waals surface area contributed by atoms with Gasteiger partial charge in [-0.05, 0) is 43.9 Å². The molecule has 1 aromatic heterocycles. The molecular weight excluding hydrogens is 296 g/mol. The smallest absolute Gasteiger partial charge is 0.167 e. The minimum atomic E-state index is 0.210. The highest BCUT2D eigenvalue weighted by atomic mass is 16.1. The number of hydrogen-bond acceptors (Lipinski definition) is 2. The quantitative estimate of drug-likeness (QED) is 0.702. The first-order valence-corrected chi connectivity index (χ1v) is 8.37. The molecule has 1 aliphatic rings. The van der Waals surface area contributed by atoms with E-state index in [9.17, 15) is 4.79 Å². The van der Waals surface area contributed by atoms with Gasteiger partial charge in [0.25, 0.3) is 0 Å². The van der Waals surface area contributed by atoms with Crippen LogP contribution in [-0.4, -0.2) is 15.6 Å². The van der Waals surface area contributed by atoms with Crippen LogP contribution in [-0.2, 0) is 6.42 Å². The van der Waals surface area contributed by atoms with Gasteiger partial charge in [-0.3, -0.25) is 4.79 Å². The minimum Gasteiger partial charge on any atom is -0.294 e. The molecular formula is C21H20N2O. The van der Waals surface area contributed by atoms with E-state index < -0.39 is 0 Å². The number of carbonyl (C=O) groups excluding carboxylic acids is 1. The maximum Gasteiger partial charge on any atom is 0.167 e. The van der Waals surface area contributed by atoms with Crippen LogP contribution in [0.3, 0.4) is 0 Å². The fourth-order valence-electron chi connectivity index (χ4n) is 3.61. The second kappa shape index (κ2) is 5.75. The van der Waals surface area contributed by atoms with Crippen LogP contribution < -0.4 is 0 Å². The van der Waals surface area contributed by atoms with Crippen LogP contribution in [0.25, 0.3) is 5.69 Å². The largest absolute Gasteiger partial charge is 0.294 e. The van der Waals surface area contributed by atoms with Gasteiger partial charge >= 0.3 is 0 Å². The standard InChI is InChI=1S/C21H20N2O/c1-14-8-10-16(11-9-14)17-12-19-21(20(24)13-17)15(2)22-23(19)18-6-4-3-5-7-18/h3-11,17H,12-13H2,1-2H3. The highest BCUT2D eigenvalue weighted by molar-refractivity contribution is 6.00. The summed E-state index contributed by atoms with van der Waals surface area (Å²) in [7, 11) is 0. The molecule has 4 rings (SSSR count). The number of Topliss-reactive ketones (excluding diaryl/α,β-unsaturated/α-hetero) is 1. The van der Waals surface area contributed by atoms with Gasteiger partial charge in [0.1, 0.15) is 0 Å². The average molecular weight is 316 g/mol. The fraction of sp³-hybridized carbons (Fsp3) is 0.238. The van der Waals surface area contributed by atoms with E-state index in [1.54, 1.807) is 0 Å². The van der Waals surface area contributed by atoms with Crippen molar-refractivity contribution in [2.75, 3.05) is 0 Å². The SMILES string of the molecule is Cc1ccc(C2CC(=O)c3c(C)nn(-c4ccccc4)c3C2)cc1. The number of fused-ring (bicyclic) bond motifs is 1. The molecule has 3 heteroatoms.